The standard InChI is InChI=1S/C14H20BrN3O2/c1-14(19)4-6-20-9-11(14)12-3-2-5-18(12)13-16-7-10(15)8-17-13/h7-8,11-12,19H,2-6,9H2,1H3/t11-,12-,14+/m1/s1. The van der Waals surface area contributed by atoms with Crippen LogP contribution in [-0.4, -0.2) is 46.5 Å². The molecule has 110 valence electrons. The fourth-order valence-electron chi connectivity index (χ4n) is 3.29. The Morgan fingerprint density at radius 3 is 2.90 bits per heavy atom. The minimum atomic E-state index is -0.666. The van der Waals surface area contributed by atoms with Crippen molar-refractivity contribution in [1.29, 1.82) is 0 Å². The van der Waals surface area contributed by atoms with Gasteiger partial charge < -0.3 is 14.7 Å². The van der Waals surface area contributed by atoms with Crippen molar-refractivity contribution in [1.82, 2.24) is 9.97 Å². The molecule has 6 heteroatoms. The zero-order valence-corrected chi connectivity index (χ0v) is 13.2. The van der Waals surface area contributed by atoms with E-state index in [9.17, 15) is 5.11 Å². The second kappa shape index (κ2) is 5.58. The Morgan fingerprint density at radius 1 is 1.45 bits per heavy atom. The van der Waals surface area contributed by atoms with Gasteiger partial charge in [-0.3, -0.25) is 0 Å². The number of nitrogens with zero attached hydrogens (tertiary/aromatic N) is 3. The molecule has 3 heterocycles. The van der Waals surface area contributed by atoms with E-state index in [1.807, 2.05) is 6.92 Å². The lowest BCUT2D eigenvalue weighted by Crippen LogP contribution is -2.52. The van der Waals surface area contributed by atoms with Crippen molar-refractivity contribution in [3.05, 3.63) is 16.9 Å². The van der Waals surface area contributed by atoms with Crippen LogP contribution in [0, 0.1) is 5.92 Å². The van der Waals surface area contributed by atoms with Crippen LogP contribution in [0.15, 0.2) is 16.9 Å². The highest BCUT2D eigenvalue weighted by Crippen LogP contribution is 2.37. The van der Waals surface area contributed by atoms with E-state index in [1.165, 1.54) is 0 Å². The smallest absolute Gasteiger partial charge is 0.225 e. The lowest BCUT2D eigenvalue weighted by Gasteiger charge is -2.43. The van der Waals surface area contributed by atoms with E-state index >= 15 is 0 Å². The van der Waals surface area contributed by atoms with E-state index in [2.05, 4.69) is 30.8 Å². The highest BCUT2D eigenvalue weighted by atomic mass is 79.9. The Labute approximate surface area is 127 Å². The monoisotopic (exact) mass is 341 g/mol. The molecule has 1 aromatic heterocycles. The van der Waals surface area contributed by atoms with Crippen molar-refractivity contribution in [2.24, 2.45) is 5.92 Å². The summed E-state index contributed by atoms with van der Waals surface area (Å²) in [6, 6.07) is 0.256. The summed E-state index contributed by atoms with van der Waals surface area (Å²) in [4.78, 5) is 11.0. The Balaban J connectivity index is 1.83. The summed E-state index contributed by atoms with van der Waals surface area (Å²) in [6.45, 7) is 4.13. The second-order valence-corrected chi connectivity index (χ2v) is 6.81. The summed E-state index contributed by atoms with van der Waals surface area (Å²) in [5.41, 5.74) is -0.666. The molecular formula is C14H20BrN3O2. The number of rotatable bonds is 2. The molecule has 2 saturated heterocycles. The van der Waals surface area contributed by atoms with Gasteiger partial charge in [0.25, 0.3) is 0 Å². The molecule has 2 aliphatic heterocycles. The minimum absolute atomic E-state index is 0.117. The van der Waals surface area contributed by atoms with Gasteiger partial charge in [-0.2, -0.15) is 0 Å². The summed E-state index contributed by atoms with van der Waals surface area (Å²) in [7, 11) is 0. The van der Waals surface area contributed by atoms with Crippen molar-refractivity contribution in [2.45, 2.75) is 37.8 Å². The van der Waals surface area contributed by atoms with Gasteiger partial charge in [0.15, 0.2) is 0 Å². The van der Waals surface area contributed by atoms with Crippen LogP contribution in [0.3, 0.4) is 0 Å². The van der Waals surface area contributed by atoms with Crippen molar-refractivity contribution in [3.63, 3.8) is 0 Å². The molecule has 0 radical (unpaired) electrons. The molecule has 0 unspecified atom stereocenters. The van der Waals surface area contributed by atoms with Gasteiger partial charge in [-0.1, -0.05) is 0 Å². The van der Waals surface area contributed by atoms with Gasteiger partial charge in [-0.05, 0) is 42.1 Å². The summed E-state index contributed by atoms with van der Waals surface area (Å²) in [5.74, 6) is 0.864. The third kappa shape index (κ3) is 2.69. The maximum Gasteiger partial charge on any atom is 0.225 e. The SMILES string of the molecule is C[C@]1(O)CCOC[C@@H]1[C@H]1CCCN1c1ncc(Br)cn1. The number of anilines is 1. The average molecular weight is 342 g/mol. The van der Waals surface area contributed by atoms with E-state index in [0.717, 1.165) is 29.8 Å². The highest BCUT2D eigenvalue weighted by Gasteiger charge is 2.44. The Kier molecular flexibility index (Phi) is 3.97. The summed E-state index contributed by atoms with van der Waals surface area (Å²) in [5, 5.41) is 10.6. The van der Waals surface area contributed by atoms with Crippen LogP contribution in [0.1, 0.15) is 26.2 Å². The molecule has 3 atom stereocenters. The van der Waals surface area contributed by atoms with Crippen molar-refractivity contribution in [2.75, 3.05) is 24.7 Å². The molecule has 2 fully saturated rings. The van der Waals surface area contributed by atoms with Gasteiger partial charge in [0.1, 0.15) is 0 Å². The number of aliphatic hydroxyl groups is 1. The molecule has 2 aliphatic rings. The van der Waals surface area contributed by atoms with Gasteiger partial charge in [-0.15, -0.1) is 0 Å². The molecule has 20 heavy (non-hydrogen) atoms. The molecule has 3 rings (SSSR count). The van der Waals surface area contributed by atoms with Crippen molar-refractivity contribution in [3.8, 4) is 0 Å². The van der Waals surface area contributed by atoms with Crippen molar-refractivity contribution >= 4 is 21.9 Å². The van der Waals surface area contributed by atoms with Gasteiger partial charge in [-0.25, -0.2) is 9.97 Å². The van der Waals surface area contributed by atoms with Gasteiger partial charge in [0, 0.05) is 37.5 Å². The van der Waals surface area contributed by atoms with E-state index in [0.29, 0.717) is 19.6 Å². The average Bonchev–Trinajstić information content (AvgIpc) is 2.88. The Hall–Kier alpha value is -0.720. The van der Waals surface area contributed by atoms with Crippen LogP contribution >= 0.6 is 15.9 Å². The molecule has 1 N–H and O–H groups in total. The number of hydrogen-bond acceptors (Lipinski definition) is 5. The third-order valence-corrected chi connectivity index (χ3v) is 4.89. The Bertz CT molecular complexity index is 466. The van der Waals surface area contributed by atoms with Crippen LogP contribution in [-0.2, 0) is 4.74 Å². The van der Waals surface area contributed by atoms with E-state index < -0.39 is 5.60 Å². The summed E-state index contributed by atoms with van der Waals surface area (Å²) in [6.07, 6.45) is 6.41. The molecule has 0 spiro atoms. The molecule has 0 aromatic carbocycles. The first-order chi connectivity index (χ1) is 9.58. The first-order valence-corrected chi connectivity index (χ1v) is 7.91. The third-order valence-electron chi connectivity index (χ3n) is 4.48. The first-order valence-electron chi connectivity index (χ1n) is 7.12. The fraction of sp³-hybridized carbons (Fsp3) is 0.714. The lowest BCUT2D eigenvalue weighted by molar-refractivity contribution is -0.108. The number of ether oxygens (including phenoxy) is 1. The predicted octanol–water partition coefficient (Wildman–Crippen LogP) is 2.00. The quantitative estimate of drug-likeness (QED) is 0.891. The van der Waals surface area contributed by atoms with Crippen LogP contribution in [0.25, 0.3) is 0 Å². The minimum Gasteiger partial charge on any atom is -0.390 e. The molecule has 0 bridgehead atoms. The lowest BCUT2D eigenvalue weighted by atomic mass is 9.79. The predicted molar refractivity (Wildman–Crippen MR) is 79.6 cm³/mol. The zero-order chi connectivity index (χ0) is 14.2. The molecule has 1 aromatic rings. The van der Waals surface area contributed by atoms with E-state index in [1.54, 1.807) is 12.4 Å². The molecular weight excluding hydrogens is 322 g/mol. The van der Waals surface area contributed by atoms with Gasteiger partial charge in [0.2, 0.25) is 5.95 Å². The highest BCUT2D eigenvalue weighted by molar-refractivity contribution is 9.10. The van der Waals surface area contributed by atoms with Crippen LogP contribution < -0.4 is 4.90 Å². The summed E-state index contributed by atoms with van der Waals surface area (Å²) < 4.78 is 6.48. The van der Waals surface area contributed by atoms with Gasteiger partial charge >= 0.3 is 0 Å². The largest absolute Gasteiger partial charge is 0.390 e. The number of halogens is 1. The van der Waals surface area contributed by atoms with E-state index in [-0.39, 0.29) is 12.0 Å². The van der Waals surface area contributed by atoms with Crippen LogP contribution in [0.2, 0.25) is 0 Å². The maximum absolute atomic E-state index is 10.6. The maximum atomic E-state index is 10.6. The van der Waals surface area contributed by atoms with Crippen molar-refractivity contribution < 1.29 is 9.84 Å². The molecule has 0 saturated carbocycles. The molecule has 0 amide bonds. The second-order valence-electron chi connectivity index (χ2n) is 5.89. The fourth-order valence-corrected chi connectivity index (χ4v) is 3.50. The van der Waals surface area contributed by atoms with Crippen LogP contribution in [0.5, 0.6) is 0 Å². The zero-order valence-electron chi connectivity index (χ0n) is 11.6. The van der Waals surface area contributed by atoms with Gasteiger partial charge in [0.05, 0.1) is 16.7 Å². The Morgan fingerprint density at radius 2 is 2.20 bits per heavy atom. The normalized spacial score (nSPS) is 34.5. The van der Waals surface area contributed by atoms with E-state index in [4.69, 9.17) is 4.74 Å². The van der Waals surface area contributed by atoms with Crippen LogP contribution in [0.4, 0.5) is 5.95 Å². The number of hydrogen-bond donors (Lipinski definition) is 1. The summed E-state index contributed by atoms with van der Waals surface area (Å²) >= 11 is 3.36. The first kappa shape index (κ1) is 14.2. The topological polar surface area (TPSA) is 58.5 Å². The molecule has 5 nitrogen and oxygen atoms in total. The molecule has 0 aliphatic carbocycles. The number of aromatic nitrogens is 2.